The van der Waals surface area contributed by atoms with E-state index in [0.717, 1.165) is 30.9 Å². The number of likely N-dealkylation sites (tertiary alicyclic amines) is 1. The first-order chi connectivity index (χ1) is 10.3. The van der Waals surface area contributed by atoms with Crippen LogP contribution in [0.15, 0.2) is 24.3 Å². The van der Waals surface area contributed by atoms with Crippen LogP contribution >= 0.6 is 0 Å². The minimum Gasteiger partial charge on any atom is -0.494 e. The Morgan fingerprint density at radius 2 is 1.95 bits per heavy atom. The van der Waals surface area contributed by atoms with E-state index in [1.165, 1.54) is 25.9 Å². The molecule has 0 atom stereocenters. The number of hydrogen-bond donors (Lipinski definition) is 3. The summed E-state index contributed by atoms with van der Waals surface area (Å²) in [5.74, 6) is 0.817. The third kappa shape index (κ3) is 5.63. The minimum atomic E-state index is -0.143. The van der Waals surface area contributed by atoms with E-state index in [0.29, 0.717) is 6.61 Å². The molecule has 3 N–H and O–H groups in total. The van der Waals surface area contributed by atoms with Gasteiger partial charge in [-0.05, 0) is 31.2 Å². The number of carbonyl (C=O) groups is 1. The van der Waals surface area contributed by atoms with Crippen molar-refractivity contribution >= 4 is 11.7 Å². The third-order valence-corrected chi connectivity index (χ3v) is 3.73. The van der Waals surface area contributed by atoms with E-state index in [4.69, 9.17) is 4.74 Å². The highest BCUT2D eigenvalue weighted by Crippen LogP contribution is 2.15. The Morgan fingerprint density at radius 3 is 2.62 bits per heavy atom. The van der Waals surface area contributed by atoms with Gasteiger partial charge in [0.25, 0.3) is 0 Å². The monoisotopic (exact) mass is 292 g/mol. The molecule has 1 saturated heterocycles. The number of rotatable bonds is 7. The average Bonchev–Trinajstić information content (AvgIpc) is 2.99. The molecule has 2 rings (SSSR count). The molecule has 21 heavy (non-hydrogen) atoms. The lowest BCUT2D eigenvalue weighted by atomic mass is 10.3. The van der Waals surface area contributed by atoms with Crippen molar-refractivity contribution in [1.29, 1.82) is 0 Å². The number of urea groups is 1. The summed E-state index contributed by atoms with van der Waals surface area (Å²) in [5, 5.41) is 5.73. The maximum absolute atomic E-state index is 11.8. The Hall–Kier alpha value is -1.75. The van der Waals surface area contributed by atoms with Gasteiger partial charge in [-0.15, -0.1) is 0 Å². The summed E-state index contributed by atoms with van der Waals surface area (Å²) in [6, 6.07) is 7.26. The molecular formula is C16H26N3O2+. The predicted octanol–water partition coefficient (Wildman–Crippen LogP) is 1.28. The number of ether oxygens (including phenoxy) is 1. The fourth-order valence-corrected chi connectivity index (χ4v) is 2.64. The average molecular weight is 292 g/mol. The van der Waals surface area contributed by atoms with E-state index in [1.807, 2.05) is 31.2 Å². The van der Waals surface area contributed by atoms with E-state index in [2.05, 4.69) is 10.6 Å². The number of anilines is 1. The van der Waals surface area contributed by atoms with E-state index in [-0.39, 0.29) is 6.03 Å². The van der Waals surface area contributed by atoms with Gasteiger partial charge in [0, 0.05) is 31.5 Å². The molecule has 1 aliphatic heterocycles. The van der Waals surface area contributed by atoms with Crippen LogP contribution in [-0.2, 0) is 0 Å². The molecule has 1 aromatic carbocycles. The van der Waals surface area contributed by atoms with Crippen LogP contribution in [0.25, 0.3) is 0 Å². The molecule has 0 bridgehead atoms. The van der Waals surface area contributed by atoms with Crippen molar-refractivity contribution in [3.05, 3.63) is 24.3 Å². The van der Waals surface area contributed by atoms with Crippen LogP contribution in [0.1, 0.15) is 26.2 Å². The molecule has 5 nitrogen and oxygen atoms in total. The Kier molecular flexibility index (Phi) is 6.34. The zero-order valence-electron chi connectivity index (χ0n) is 12.8. The van der Waals surface area contributed by atoms with Gasteiger partial charge in [0.15, 0.2) is 0 Å². The van der Waals surface area contributed by atoms with Crippen LogP contribution in [0, 0.1) is 0 Å². The minimum absolute atomic E-state index is 0.143. The van der Waals surface area contributed by atoms with Crippen molar-refractivity contribution in [3.8, 4) is 5.75 Å². The summed E-state index contributed by atoms with van der Waals surface area (Å²) in [6.07, 6.45) is 3.73. The molecule has 1 aromatic rings. The van der Waals surface area contributed by atoms with Crippen molar-refractivity contribution in [2.24, 2.45) is 0 Å². The van der Waals surface area contributed by atoms with Crippen LogP contribution in [0.3, 0.4) is 0 Å². The number of quaternary nitrogens is 1. The molecule has 0 radical (unpaired) electrons. The topological polar surface area (TPSA) is 54.8 Å². The van der Waals surface area contributed by atoms with Gasteiger partial charge in [0.2, 0.25) is 0 Å². The van der Waals surface area contributed by atoms with Crippen molar-refractivity contribution in [3.63, 3.8) is 0 Å². The summed E-state index contributed by atoms with van der Waals surface area (Å²) in [5.41, 5.74) is 0.779. The number of carbonyl (C=O) groups excluding carboxylic acids is 1. The van der Waals surface area contributed by atoms with E-state index >= 15 is 0 Å². The smallest absolute Gasteiger partial charge is 0.319 e. The molecule has 0 saturated carbocycles. The van der Waals surface area contributed by atoms with Crippen LogP contribution in [0.5, 0.6) is 5.75 Å². The molecule has 0 aliphatic carbocycles. The van der Waals surface area contributed by atoms with Gasteiger partial charge in [-0.1, -0.05) is 0 Å². The molecule has 0 aromatic heterocycles. The molecule has 2 amide bonds. The molecule has 0 spiro atoms. The standard InChI is InChI=1S/C16H25N3O2/c1-2-21-15-8-6-14(7-9-15)18-16(20)17-10-5-13-19-11-3-4-12-19/h6-9H,2-5,10-13H2,1H3,(H2,17,18,20)/p+1. The first-order valence-electron chi connectivity index (χ1n) is 7.89. The Labute approximate surface area is 126 Å². The van der Waals surface area contributed by atoms with Gasteiger partial charge in [0.05, 0.1) is 26.2 Å². The highest BCUT2D eigenvalue weighted by atomic mass is 16.5. The van der Waals surface area contributed by atoms with E-state index in [9.17, 15) is 4.79 Å². The lowest BCUT2D eigenvalue weighted by Crippen LogP contribution is -3.10. The summed E-state index contributed by atoms with van der Waals surface area (Å²) in [7, 11) is 0. The lowest BCUT2D eigenvalue weighted by molar-refractivity contribution is -0.887. The van der Waals surface area contributed by atoms with Crippen LogP contribution in [0.2, 0.25) is 0 Å². The van der Waals surface area contributed by atoms with Crippen LogP contribution in [-0.4, -0.2) is 38.8 Å². The van der Waals surface area contributed by atoms with E-state index in [1.54, 1.807) is 4.90 Å². The van der Waals surface area contributed by atoms with Gasteiger partial charge in [-0.3, -0.25) is 0 Å². The quantitative estimate of drug-likeness (QED) is 0.663. The first kappa shape index (κ1) is 15.6. The number of hydrogen-bond acceptors (Lipinski definition) is 2. The predicted molar refractivity (Wildman–Crippen MR) is 84.0 cm³/mol. The zero-order chi connectivity index (χ0) is 14.9. The fraction of sp³-hybridized carbons (Fsp3) is 0.562. The largest absolute Gasteiger partial charge is 0.494 e. The molecule has 1 fully saturated rings. The van der Waals surface area contributed by atoms with Crippen molar-refractivity contribution < 1.29 is 14.4 Å². The Bertz CT molecular complexity index is 428. The molecular weight excluding hydrogens is 266 g/mol. The number of benzene rings is 1. The summed E-state index contributed by atoms with van der Waals surface area (Å²) in [6.45, 7) is 7.06. The van der Waals surface area contributed by atoms with Gasteiger partial charge >= 0.3 is 6.03 Å². The third-order valence-electron chi connectivity index (χ3n) is 3.73. The van der Waals surface area contributed by atoms with Crippen LogP contribution in [0.4, 0.5) is 10.5 Å². The van der Waals surface area contributed by atoms with Crippen LogP contribution < -0.4 is 20.3 Å². The summed E-state index contributed by atoms with van der Waals surface area (Å²) in [4.78, 5) is 13.4. The molecule has 1 aliphatic rings. The second-order valence-electron chi connectivity index (χ2n) is 5.40. The second-order valence-corrected chi connectivity index (χ2v) is 5.40. The molecule has 5 heteroatoms. The van der Waals surface area contributed by atoms with Gasteiger partial charge in [-0.25, -0.2) is 4.79 Å². The Morgan fingerprint density at radius 1 is 1.24 bits per heavy atom. The number of amides is 2. The highest BCUT2D eigenvalue weighted by molar-refractivity contribution is 5.89. The summed E-state index contributed by atoms with van der Waals surface area (Å²) < 4.78 is 5.36. The zero-order valence-corrected chi connectivity index (χ0v) is 12.8. The Balaban J connectivity index is 1.61. The van der Waals surface area contributed by atoms with Crippen molar-refractivity contribution in [2.45, 2.75) is 26.2 Å². The van der Waals surface area contributed by atoms with Crippen molar-refractivity contribution in [1.82, 2.24) is 5.32 Å². The fourth-order valence-electron chi connectivity index (χ4n) is 2.64. The first-order valence-corrected chi connectivity index (χ1v) is 7.89. The maximum Gasteiger partial charge on any atom is 0.319 e. The highest BCUT2D eigenvalue weighted by Gasteiger charge is 2.14. The lowest BCUT2D eigenvalue weighted by Gasteiger charge is -2.12. The SMILES string of the molecule is CCOc1ccc(NC(=O)NCCC[NH+]2CCCC2)cc1. The van der Waals surface area contributed by atoms with Gasteiger partial charge < -0.3 is 20.3 Å². The molecule has 116 valence electrons. The molecule has 0 unspecified atom stereocenters. The van der Waals surface area contributed by atoms with Crippen molar-refractivity contribution in [2.75, 3.05) is 38.1 Å². The second kappa shape index (κ2) is 8.52. The number of nitrogens with one attached hydrogen (secondary N) is 3. The van der Waals surface area contributed by atoms with Gasteiger partial charge in [-0.2, -0.15) is 0 Å². The summed E-state index contributed by atoms with van der Waals surface area (Å²) >= 11 is 0. The molecule has 1 heterocycles. The van der Waals surface area contributed by atoms with Gasteiger partial charge in [0.1, 0.15) is 5.75 Å². The normalized spacial score (nSPS) is 14.9. The maximum atomic E-state index is 11.8. The van der Waals surface area contributed by atoms with E-state index < -0.39 is 0 Å².